The number of nitrogens with zero attached hydrogens (tertiary/aromatic N) is 2. The van der Waals surface area contributed by atoms with Gasteiger partial charge in [-0.15, -0.1) is 0 Å². The molecule has 0 N–H and O–H groups in total. The molecular formula is C13H19ClN2. The van der Waals surface area contributed by atoms with Crippen molar-refractivity contribution in [2.45, 2.75) is 20.8 Å². The predicted molar refractivity (Wildman–Crippen MR) is 72.8 cm³/mol. The Kier molecular flexibility index (Phi) is 4.81. The Morgan fingerprint density at radius 2 is 2.12 bits per heavy atom. The summed E-state index contributed by atoms with van der Waals surface area (Å²) in [4.78, 5) is 6.40. The molecule has 0 aliphatic carbocycles. The summed E-state index contributed by atoms with van der Waals surface area (Å²) in [5, 5.41) is 0.772. The minimum absolute atomic E-state index is 0.593. The number of anilines is 1. The summed E-state index contributed by atoms with van der Waals surface area (Å²) in [5.74, 6) is 0.593. The van der Waals surface area contributed by atoms with Gasteiger partial charge in [-0.2, -0.15) is 0 Å². The first-order valence-corrected chi connectivity index (χ1v) is 5.87. The fraction of sp³-hybridized carbons (Fsp3) is 0.462. The number of rotatable bonds is 4. The summed E-state index contributed by atoms with van der Waals surface area (Å²) in [6.07, 6.45) is 1.87. The van der Waals surface area contributed by atoms with Crippen molar-refractivity contribution in [3.63, 3.8) is 0 Å². The Hall–Kier alpha value is -1.02. The summed E-state index contributed by atoms with van der Waals surface area (Å²) >= 11 is 5.92. The van der Waals surface area contributed by atoms with E-state index in [1.54, 1.807) is 0 Å². The first-order chi connectivity index (χ1) is 7.50. The average Bonchev–Trinajstić information content (AvgIpc) is 2.16. The third kappa shape index (κ3) is 3.86. The van der Waals surface area contributed by atoms with Gasteiger partial charge in [0, 0.05) is 24.3 Å². The van der Waals surface area contributed by atoms with Gasteiger partial charge in [0.1, 0.15) is 0 Å². The third-order valence-corrected chi connectivity index (χ3v) is 2.50. The van der Waals surface area contributed by atoms with Gasteiger partial charge in [-0.1, -0.05) is 25.4 Å². The number of benzene rings is 1. The second-order valence-electron chi connectivity index (χ2n) is 4.42. The Morgan fingerprint density at radius 3 is 2.69 bits per heavy atom. The van der Waals surface area contributed by atoms with Crippen LogP contribution in [-0.4, -0.2) is 19.9 Å². The molecule has 2 nitrogen and oxygen atoms in total. The molecule has 3 heteroatoms. The molecule has 0 spiro atoms. The van der Waals surface area contributed by atoms with Crippen molar-refractivity contribution in [3.05, 3.63) is 28.8 Å². The van der Waals surface area contributed by atoms with Crippen LogP contribution in [0.3, 0.4) is 0 Å². The molecule has 0 saturated heterocycles. The molecule has 1 rings (SSSR count). The van der Waals surface area contributed by atoms with Crippen molar-refractivity contribution < 1.29 is 0 Å². The maximum atomic E-state index is 5.92. The Balaban J connectivity index is 2.73. The molecule has 0 aromatic heterocycles. The number of hydrogen-bond donors (Lipinski definition) is 0. The van der Waals surface area contributed by atoms with Crippen LogP contribution in [0.4, 0.5) is 5.69 Å². The van der Waals surface area contributed by atoms with Crippen LogP contribution in [0.5, 0.6) is 0 Å². The average molecular weight is 239 g/mol. The van der Waals surface area contributed by atoms with Crippen molar-refractivity contribution in [2.24, 2.45) is 10.9 Å². The molecule has 0 bridgehead atoms. The topological polar surface area (TPSA) is 15.6 Å². The molecule has 1 aromatic carbocycles. The number of hydrogen-bond acceptors (Lipinski definition) is 1. The summed E-state index contributed by atoms with van der Waals surface area (Å²) < 4.78 is 0. The van der Waals surface area contributed by atoms with Gasteiger partial charge in [-0.3, -0.25) is 4.99 Å². The van der Waals surface area contributed by atoms with E-state index >= 15 is 0 Å². The van der Waals surface area contributed by atoms with E-state index in [0.29, 0.717) is 5.92 Å². The Bertz CT molecular complexity index is 372. The molecular weight excluding hydrogens is 220 g/mol. The highest BCUT2D eigenvalue weighted by Gasteiger charge is 2.02. The minimum Gasteiger partial charge on any atom is -0.336 e. The lowest BCUT2D eigenvalue weighted by atomic mass is 10.2. The summed E-state index contributed by atoms with van der Waals surface area (Å²) in [7, 11) is 2.00. The summed E-state index contributed by atoms with van der Waals surface area (Å²) in [6.45, 7) is 7.22. The van der Waals surface area contributed by atoms with E-state index in [2.05, 4.69) is 18.8 Å². The van der Waals surface area contributed by atoms with Crippen LogP contribution < -0.4 is 4.90 Å². The lowest BCUT2D eigenvalue weighted by Gasteiger charge is -2.16. The van der Waals surface area contributed by atoms with Gasteiger partial charge in [0.2, 0.25) is 0 Å². The van der Waals surface area contributed by atoms with Gasteiger partial charge in [0.25, 0.3) is 0 Å². The van der Waals surface area contributed by atoms with Gasteiger partial charge in [0.05, 0.1) is 6.34 Å². The molecule has 0 atom stereocenters. The molecule has 88 valence electrons. The van der Waals surface area contributed by atoms with E-state index in [9.17, 15) is 0 Å². The zero-order chi connectivity index (χ0) is 12.1. The lowest BCUT2D eigenvalue weighted by Crippen LogP contribution is -2.16. The zero-order valence-electron chi connectivity index (χ0n) is 10.4. The minimum atomic E-state index is 0.593. The molecule has 0 heterocycles. The van der Waals surface area contributed by atoms with Crippen LogP contribution in [0.1, 0.15) is 19.4 Å². The summed E-state index contributed by atoms with van der Waals surface area (Å²) in [5.41, 5.74) is 2.29. The largest absolute Gasteiger partial charge is 0.336 e. The number of aryl methyl sites for hydroxylation is 1. The van der Waals surface area contributed by atoms with Crippen LogP contribution in [0.2, 0.25) is 5.02 Å². The number of aliphatic imine (C=N–C) groups is 1. The first-order valence-electron chi connectivity index (χ1n) is 5.49. The first kappa shape index (κ1) is 13.0. The van der Waals surface area contributed by atoms with E-state index < -0.39 is 0 Å². The van der Waals surface area contributed by atoms with Gasteiger partial charge in [-0.05, 0) is 36.6 Å². The van der Waals surface area contributed by atoms with Gasteiger partial charge in [0.15, 0.2) is 0 Å². The second-order valence-corrected chi connectivity index (χ2v) is 4.85. The van der Waals surface area contributed by atoms with Gasteiger partial charge >= 0.3 is 0 Å². The van der Waals surface area contributed by atoms with E-state index in [0.717, 1.165) is 22.8 Å². The normalized spacial score (nSPS) is 11.4. The van der Waals surface area contributed by atoms with E-state index in [1.807, 2.05) is 43.4 Å². The molecule has 0 unspecified atom stereocenters. The van der Waals surface area contributed by atoms with Crippen LogP contribution in [0.15, 0.2) is 23.2 Å². The predicted octanol–water partition coefficient (Wildman–Crippen LogP) is 3.77. The van der Waals surface area contributed by atoms with E-state index in [1.165, 1.54) is 0 Å². The zero-order valence-corrected chi connectivity index (χ0v) is 11.1. The maximum absolute atomic E-state index is 5.92. The van der Waals surface area contributed by atoms with Crippen LogP contribution >= 0.6 is 11.6 Å². The van der Waals surface area contributed by atoms with Crippen LogP contribution in [0, 0.1) is 12.8 Å². The smallest absolute Gasteiger partial charge is 0.0891 e. The second kappa shape index (κ2) is 5.90. The van der Waals surface area contributed by atoms with Crippen molar-refractivity contribution in [1.29, 1.82) is 0 Å². The Morgan fingerprint density at radius 1 is 1.44 bits per heavy atom. The van der Waals surface area contributed by atoms with Gasteiger partial charge in [-0.25, -0.2) is 0 Å². The molecule has 16 heavy (non-hydrogen) atoms. The molecule has 0 radical (unpaired) electrons. The Labute approximate surface area is 103 Å². The quantitative estimate of drug-likeness (QED) is 0.576. The van der Waals surface area contributed by atoms with Crippen LogP contribution in [0.25, 0.3) is 0 Å². The van der Waals surface area contributed by atoms with Crippen molar-refractivity contribution in [3.8, 4) is 0 Å². The highest BCUT2D eigenvalue weighted by atomic mass is 35.5. The van der Waals surface area contributed by atoms with Gasteiger partial charge < -0.3 is 4.90 Å². The van der Waals surface area contributed by atoms with E-state index in [-0.39, 0.29) is 0 Å². The monoisotopic (exact) mass is 238 g/mol. The summed E-state index contributed by atoms with van der Waals surface area (Å²) in [6, 6.07) is 5.87. The molecule has 0 saturated carbocycles. The van der Waals surface area contributed by atoms with Crippen molar-refractivity contribution in [1.82, 2.24) is 0 Å². The number of halogens is 1. The third-order valence-electron chi connectivity index (χ3n) is 2.26. The standard InChI is InChI=1S/C13H19ClN2/c1-10(2)8-15-9-16(4)13-6-5-12(14)7-11(13)3/h5-7,9-10H,8H2,1-4H3. The van der Waals surface area contributed by atoms with E-state index in [4.69, 9.17) is 11.6 Å². The molecule has 0 aliphatic heterocycles. The fourth-order valence-corrected chi connectivity index (χ4v) is 1.68. The molecule has 1 aromatic rings. The van der Waals surface area contributed by atoms with Crippen molar-refractivity contribution >= 4 is 23.6 Å². The molecule has 0 fully saturated rings. The maximum Gasteiger partial charge on any atom is 0.0891 e. The lowest BCUT2D eigenvalue weighted by molar-refractivity contribution is 0.666. The van der Waals surface area contributed by atoms with Crippen molar-refractivity contribution in [2.75, 3.05) is 18.5 Å². The highest BCUT2D eigenvalue weighted by molar-refractivity contribution is 6.30. The van der Waals surface area contributed by atoms with Crippen LogP contribution in [-0.2, 0) is 0 Å². The molecule has 0 aliphatic rings. The molecule has 0 amide bonds. The SMILES string of the molecule is Cc1cc(Cl)ccc1N(C)C=NCC(C)C. The fourth-order valence-electron chi connectivity index (χ4n) is 1.46. The highest BCUT2D eigenvalue weighted by Crippen LogP contribution is 2.21.